The fourth-order valence-electron chi connectivity index (χ4n) is 4.38. The van der Waals surface area contributed by atoms with Gasteiger partial charge in [0.1, 0.15) is 5.82 Å². The Balaban J connectivity index is 1.82. The van der Waals surface area contributed by atoms with Crippen molar-refractivity contribution in [1.82, 2.24) is 10.2 Å². The van der Waals surface area contributed by atoms with Crippen molar-refractivity contribution >= 4 is 5.91 Å². The summed E-state index contributed by atoms with van der Waals surface area (Å²) in [7, 11) is 0. The molecule has 0 aromatic heterocycles. The van der Waals surface area contributed by atoms with Gasteiger partial charge in [-0.2, -0.15) is 0 Å². The van der Waals surface area contributed by atoms with Crippen LogP contribution in [0.2, 0.25) is 0 Å². The first-order valence-corrected chi connectivity index (χ1v) is 9.53. The van der Waals surface area contributed by atoms with Crippen LogP contribution in [0.1, 0.15) is 56.2 Å². The van der Waals surface area contributed by atoms with Crippen molar-refractivity contribution in [2.45, 2.75) is 57.6 Å². The van der Waals surface area contributed by atoms with E-state index in [4.69, 9.17) is 0 Å². The Morgan fingerprint density at radius 2 is 2.12 bits per heavy atom. The first-order valence-electron chi connectivity index (χ1n) is 9.53. The largest absolute Gasteiger partial charge is 0.392 e. The van der Waals surface area contributed by atoms with Crippen LogP contribution in [-0.4, -0.2) is 41.7 Å². The molecule has 1 aliphatic heterocycles. The monoisotopic (exact) mass is 348 g/mol. The summed E-state index contributed by atoms with van der Waals surface area (Å²) in [6.07, 6.45) is 5.94. The van der Waals surface area contributed by atoms with E-state index in [1.54, 1.807) is 13.0 Å². The van der Waals surface area contributed by atoms with Gasteiger partial charge >= 0.3 is 0 Å². The number of hydrogen-bond acceptors (Lipinski definition) is 3. The summed E-state index contributed by atoms with van der Waals surface area (Å²) in [6, 6.07) is 5.28. The first kappa shape index (κ1) is 18.3. The molecular weight excluding hydrogens is 319 g/mol. The SMILES string of the molecule is C[C@@H](O)CNCC(=O)N1CCc2c(F)cccc2C1C1CCCCC1. The zero-order valence-electron chi connectivity index (χ0n) is 15.0. The summed E-state index contributed by atoms with van der Waals surface area (Å²) >= 11 is 0. The molecule has 1 aromatic rings. The quantitative estimate of drug-likeness (QED) is 0.860. The number of hydrogen-bond donors (Lipinski definition) is 2. The molecule has 0 spiro atoms. The van der Waals surface area contributed by atoms with E-state index in [0.29, 0.717) is 25.4 Å². The number of aliphatic hydroxyl groups is 1. The number of nitrogens with zero attached hydrogens (tertiary/aromatic N) is 1. The molecule has 0 radical (unpaired) electrons. The molecule has 1 amide bonds. The number of carbonyl (C=O) groups excluding carboxylic acids is 1. The number of halogens is 1. The number of nitrogens with one attached hydrogen (secondary N) is 1. The third kappa shape index (κ3) is 4.21. The van der Waals surface area contributed by atoms with Crippen molar-refractivity contribution in [2.24, 2.45) is 5.92 Å². The summed E-state index contributed by atoms with van der Waals surface area (Å²) < 4.78 is 14.3. The van der Waals surface area contributed by atoms with Crippen molar-refractivity contribution in [2.75, 3.05) is 19.6 Å². The average molecular weight is 348 g/mol. The molecule has 25 heavy (non-hydrogen) atoms. The van der Waals surface area contributed by atoms with Gasteiger partial charge in [0.25, 0.3) is 0 Å². The molecule has 3 rings (SSSR count). The molecule has 1 unspecified atom stereocenters. The molecule has 1 aliphatic carbocycles. The van der Waals surface area contributed by atoms with Gasteiger partial charge in [0.05, 0.1) is 18.7 Å². The number of benzene rings is 1. The lowest BCUT2D eigenvalue weighted by atomic mass is 9.77. The highest BCUT2D eigenvalue weighted by Gasteiger charge is 2.37. The van der Waals surface area contributed by atoms with Gasteiger partial charge in [0.2, 0.25) is 5.91 Å². The van der Waals surface area contributed by atoms with Crippen LogP contribution in [0.3, 0.4) is 0 Å². The van der Waals surface area contributed by atoms with Crippen molar-refractivity contribution < 1.29 is 14.3 Å². The fourth-order valence-corrected chi connectivity index (χ4v) is 4.38. The molecule has 2 atom stereocenters. The topological polar surface area (TPSA) is 52.6 Å². The van der Waals surface area contributed by atoms with Crippen molar-refractivity contribution in [1.29, 1.82) is 0 Å². The maximum atomic E-state index is 14.3. The van der Waals surface area contributed by atoms with Crippen molar-refractivity contribution in [3.05, 3.63) is 35.1 Å². The Morgan fingerprint density at radius 3 is 2.84 bits per heavy atom. The number of fused-ring (bicyclic) bond motifs is 1. The second-order valence-electron chi connectivity index (χ2n) is 7.47. The van der Waals surface area contributed by atoms with Crippen LogP contribution in [0.25, 0.3) is 0 Å². The third-order valence-electron chi connectivity index (χ3n) is 5.54. The highest BCUT2D eigenvalue weighted by molar-refractivity contribution is 5.79. The summed E-state index contributed by atoms with van der Waals surface area (Å²) in [5.74, 6) is 0.319. The lowest BCUT2D eigenvalue weighted by Crippen LogP contribution is -2.47. The summed E-state index contributed by atoms with van der Waals surface area (Å²) in [5, 5.41) is 12.4. The second-order valence-corrected chi connectivity index (χ2v) is 7.47. The average Bonchev–Trinajstić information content (AvgIpc) is 2.61. The van der Waals surface area contributed by atoms with Gasteiger partial charge < -0.3 is 15.3 Å². The number of amides is 1. The highest BCUT2D eigenvalue weighted by atomic mass is 19.1. The minimum atomic E-state index is -0.474. The summed E-state index contributed by atoms with van der Waals surface area (Å²) in [6.45, 7) is 2.89. The molecule has 1 saturated carbocycles. The Bertz CT molecular complexity index is 599. The Hall–Kier alpha value is -1.46. The van der Waals surface area contributed by atoms with E-state index in [1.807, 2.05) is 11.0 Å². The fraction of sp³-hybridized carbons (Fsp3) is 0.650. The van der Waals surface area contributed by atoms with Gasteiger partial charge in [-0.15, -0.1) is 0 Å². The lowest BCUT2D eigenvalue weighted by Gasteiger charge is -2.43. The van der Waals surface area contributed by atoms with Crippen molar-refractivity contribution in [3.63, 3.8) is 0 Å². The molecular formula is C20H29FN2O2. The van der Waals surface area contributed by atoms with Gasteiger partial charge in [0.15, 0.2) is 0 Å². The molecule has 2 N–H and O–H groups in total. The molecule has 1 aromatic carbocycles. The van der Waals surface area contributed by atoms with E-state index < -0.39 is 6.10 Å². The third-order valence-corrected chi connectivity index (χ3v) is 5.54. The summed E-state index contributed by atoms with van der Waals surface area (Å²) in [4.78, 5) is 14.8. The maximum Gasteiger partial charge on any atom is 0.237 e. The van der Waals surface area contributed by atoms with Gasteiger partial charge in [-0.05, 0) is 49.3 Å². The number of carbonyl (C=O) groups is 1. The lowest BCUT2D eigenvalue weighted by molar-refractivity contribution is -0.134. The zero-order chi connectivity index (χ0) is 17.8. The zero-order valence-corrected chi connectivity index (χ0v) is 15.0. The van der Waals surface area contributed by atoms with E-state index >= 15 is 0 Å². The van der Waals surface area contributed by atoms with Crippen LogP contribution in [-0.2, 0) is 11.2 Å². The smallest absolute Gasteiger partial charge is 0.237 e. The van der Waals surface area contributed by atoms with Crippen LogP contribution in [0.4, 0.5) is 4.39 Å². The molecule has 1 heterocycles. The van der Waals surface area contributed by atoms with Crippen LogP contribution in [0.5, 0.6) is 0 Å². The predicted octanol–water partition coefficient (Wildman–Crippen LogP) is 2.80. The minimum absolute atomic E-state index is 0.0133. The van der Waals surface area contributed by atoms with Gasteiger partial charge in [0, 0.05) is 13.1 Å². The van der Waals surface area contributed by atoms with E-state index in [2.05, 4.69) is 5.32 Å². The Labute approximate surface area is 149 Å². The van der Waals surface area contributed by atoms with Gasteiger partial charge in [-0.3, -0.25) is 4.79 Å². The molecule has 5 heteroatoms. The predicted molar refractivity (Wildman–Crippen MR) is 95.7 cm³/mol. The normalized spacial score (nSPS) is 22.5. The maximum absolute atomic E-state index is 14.3. The minimum Gasteiger partial charge on any atom is -0.392 e. The van der Waals surface area contributed by atoms with Gasteiger partial charge in [-0.1, -0.05) is 31.4 Å². The Kier molecular flexibility index (Phi) is 6.07. The van der Waals surface area contributed by atoms with Crippen LogP contribution >= 0.6 is 0 Å². The summed E-state index contributed by atoms with van der Waals surface area (Å²) in [5.41, 5.74) is 1.79. The van der Waals surface area contributed by atoms with Gasteiger partial charge in [-0.25, -0.2) is 4.39 Å². The van der Waals surface area contributed by atoms with Crippen LogP contribution in [0.15, 0.2) is 18.2 Å². The number of rotatable bonds is 5. The molecule has 1 fully saturated rings. The van der Waals surface area contributed by atoms with Crippen molar-refractivity contribution in [3.8, 4) is 0 Å². The molecule has 0 saturated heterocycles. The number of aliphatic hydroxyl groups excluding tert-OH is 1. The van der Waals surface area contributed by atoms with E-state index in [1.165, 1.54) is 25.3 Å². The van der Waals surface area contributed by atoms with E-state index in [-0.39, 0.29) is 24.3 Å². The molecule has 138 valence electrons. The van der Waals surface area contributed by atoms with Crippen LogP contribution in [0, 0.1) is 11.7 Å². The van der Waals surface area contributed by atoms with E-state index in [0.717, 1.165) is 24.0 Å². The molecule has 4 nitrogen and oxygen atoms in total. The molecule has 2 aliphatic rings. The second kappa shape index (κ2) is 8.28. The molecule has 0 bridgehead atoms. The van der Waals surface area contributed by atoms with E-state index in [9.17, 15) is 14.3 Å². The van der Waals surface area contributed by atoms with Crippen LogP contribution < -0.4 is 5.32 Å². The highest BCUT2D eigenvalue weighted by Crippen LogP contribution is 2.42. The first-order chi connectivity index (χ1) is 12.1. The standard InChI is InChI=1S/C20H29FN2O2/c1-14(24)12-22-13-19(25)23-11-10-16-17(8-5-9-18(16)21)20(23)15-6-3-2-4-7-15/h5,8-9,14-15,20,22,24H,2-4,6-7,10-13H2,1H3/t14-,20?/m1/s1. The Morgan fingerprint density at radius 1 is 1.36 bits per heavy atom.